The van der Waals surface area contributed by atoms with Gasteiger partial charge in [0.15, 0.2) is 0 Å². The molecule has 0 aliphatic carbocycles. The highest BCUT2D eigenvalue weighted by Crippen LogP contribution is 2.24. The highest BCUT2D eigenvalue weighted by atomic mass is 16.6. The Morgan fingerprint density at radius 2 is 1.61 bits per heavy atom. The van der Waals surface area contributed by atoms with E-state index in [-0.39, 0.29) is 24.6 Å². The van der Waals surface area contributed by atoms with Crippen LogP contribution in [0.4, 0.5) is 0 Å². The number of piperidine rings is 1. The second-order valence-corrected chi connectivity index (χ2v) is 8.46. The van der Waals surface area contributed by atoms with Crippen molar-refractivity contribution in [2.75, 3.05) is 52.9 Å². The number of carbonyl (C=O) groups is 3. The number of carbonyl (C=O) groups excluding carboxylic acids is 3. The smallest absolute Gasteiger partial charge is 0.329 e. The third kappa shape index (κ3) is 7.72. The Morgan fingerprint density at radius 3 is 2.25 bits per heavy atom. The Kier molecular flexibility index (Phi) is 10.6. The van der Waals surface area contributed by atoms with Crippen LogP contribution in [-0.4, -0.2) is 79.7 Å². The maximum absolute atomic E-state index is 12.8. The number of primary amides is 1. The molecule has 3 amide bonds. The molecule has 1 aliphatic heterocycles. The fourth-order valence-corrected chi connectivity index (χ4v) is 4.01. The van der Waals surface area contributed by atoms with E-state index in [4.69, 9.17) is 24.7 Å². The van der Waals surface area contributed by atoms with Gasteiger partial charge in [-0.25, -0.2) is 4.79 Å². The van der Waals surface area contributed by atoms with E-state index in [2.05, 4.69) is 5.32 Å². The lowest BCUT2D eigenvalue weighted by molar-refractivity contribution is -0.135. The number of aryl methyl sites for hydroxylation is 2. The summed E-state index contributed by atoms with van der Waals surface area (Å²) in [6, 6.07) is 5.08. The molecule has 2 heterocycles. The topological polar surface area (TPSA) is 153 Å². The minimum Gasteiger partial charge on any atom is -0.379 e. The molecule has 3 rings (SSSR count). The van der Waals surface area contributed by atoms with Gasteiger partial charge < -0.3 is 24.7 Å². The zero-order valence-electron chi connectivity index (χ0n) is 20.5. The van der Waals surface area contributed by atoms with Crippen LogP contribution in [0.25, 0.3) is 11.0 Å². The molecule has 0 saturated carbocycles. The van der Waals surface area contributed by atoms with Crippen LogP contribution >= 0.6 is 0 Å². The van der Waals surface area contributed by atoms with Gasteiger partial charge in [-0.2, -0.15) is 0 Å². The summed E-state index contributed by atoms with van der Waals surface area (Å²) in [6.45, 7) is 2.95. The van der Waals surface area contributed by atoms with Gasteiger partial charge in [0.25, 0.3) is 0 Å². The maximum atomic E-state index is 12.8. The first-order valence-corrected chi connectivity index (χ1v) is 12.0. The summed E-state index contributed by atoms with van der Waals surface area (Å²) in [5, 5.41) is 2.32. The number of rotatable bonds is 16. The van der Waals surface area contributed by atoms with Crippen molar-refractivity contribution in [3.63, 3.8) is 0 Å². The minimum absolute atomic E-state index is 0.108. The summed E-state index contributed by atoms with van der Waals surface area (Å²) in [6.07, 6.45) is 2.11. The van der Waals surface area contributed by atoms with Crippen LogP contribution < -0.4 is 16.7 Å². The molecule has 198 valence electrons. The molecule has 12 heteroatoms. The molecule has 1 aliphatic rings. The van der Waals surface area contributed by atoms with Gasteiger partial charge in [-0.1, -0.05) is 6.07 Å². The molecule has 1 aromatic heterocycles. The van der Waals surface area contributed by atoms with Crippen molar-refractivity contribution in [2.45, 2.75) is 31.7 Å². The number of imidazole rings is 1. The summed E-state index contributed by atoms with van der Waals surface area (Å²) < 4.78 is 24.3. The Morgan fingerprint density at radius 1 is 0.972 bits per heavy atom. The van der Waals surface area contributed by atoms with Gasteiger partial charge in [0, 0.05) is 20.1 Å². The molecule has 1 unspecified atom stereocenters. The first-order valence-electron chi connectivity index (χ1n) is 12.0. The van der Waals surface area contributed by atoms with Crippen LogP contribution in [-0.2, 0) is 46.8 Å². The predicted octanol–water partition coefficient (Wildman–Crippen LogP) is -0.198. The highest BCUT2D eigenvalue weighted by molar-refractivity contribution is 6.00. The van der Waals surface area contributed by atoms with E-state index < -0.39 is 17.9 Å². The number of nitrogens with one attached hydrogen (secondary N) is 1. The molecule has 3 N–H and O–H groups in total. The minimum atomic E-state index is -0.686. The zero-order chi connectivity index (χ0) is 25.9. The number of amides is 3. The van der Waals surface area contributed by atoms with E-state index in [0.717, 1.165) is 23.9 Å². The molecule has 0 radical (unpaired) electrons. The fraction of sp³-hybridized carbons (Fsp3) is 0.583. The first kappa shape index (κ1) is 27.5. The van der Waals surface area contributed by atoms with Gasteiger partial charge in [-0.3, -0.25) is 28.8 Å². The molecule has 12 nitrogen and oxygen atoms in total. The largest absolute Gasteiger partial charge is 0.379 e. The van der Waals surface area contributed by atoms with Crippen molar-refractivity contribution in [2.24, 2.45) is 12.8 Å². The van der Waals surface area contributed by atoms with Crippen molar-refractivity contribution >= 4 is 28.8 Å². The monoisotopic (exact) mass is 506 g/mol. The van der Waals surface area contributed by atoms with Gasteiger partial charge in [0.05, 0.1) is 50.7 Å². The average molecular weight is 507 g/mol. The van der Waals surface area contributed by atoms with Gasteiger partial charge in [0.2, 0.25) is 17.7 Å². The Hall–Kier alpha value is -3.06. The van der Waals surface area contributed by atoms with Crippen molar-refractivity contribution in [3.05, 3.63) is 34.2 Å². The molecule has 1 atom stereocenters. The average Bonchev–Trinajstić information content (AvgIpc) is 3.09. The summed E-state index contributed by atoms with van der Waals surface area (Å²) in [4.78, 5) is 47.1. The van der Waals surface area contributed by atoms with Crippen LogP contribution in [0.1, 0.15) is 30.9 Å². The number of hydrogen-bond acceptors (Lipinski definition) is 8. The van der Waals surface area contributed by atoms with Crippen LogP contribution in [0.3, 0.4) is 0 Å². The lowest BCUT2D eigenvalue weighted by Crippen LogP contribution is -2.44. The number of nitrogens with zero attached hydrogens (tertiary/aromatic N) is 2. The van der Waals surface area contributed by atoms with Crippen LogP contribution in [0.5, 0.6) is 0 Å². The number of benzene rings is 1. The summed E-state index contributed by atoms with van der Waals surface area (Å²) in [7, 11) is 1.68. The summed E-state index contributed by atoms with van der Waals surface area (Å²) >= 11 is 0. The first-order chi connectivity index (χ1) is 17.4. The molecule has 2 aromatic rings. The number of hydrogen-bond donors (Lipinski definition) is 2. The predicted molar refractivity (Wildman–Crippen MR) is 129 cm³/mol. The van der Waals surface area contributed by atoms with Gasteiger partial charge in [0.1, 0.15) is 12.6 Å². The summed E-state index contributed by atoms with van der Waals surface area (Å²) in [5.74, 6) is -1.26. The van der Waals surface area contributed by atoms with Crippen molar-refractivity contribution in [3.8, 4) is 0 Å². The van der Waals surface area contributed by atoms with E-state index in [1.54, 1.807) is 7.05 Å². The molecule has 1 saturated heterocycles. The lowest BCUT2D eigenvalue weighted by atomic mass is 10.1. The lowest BCUT2D eigenvalue weighted by Gasteiger charge is -2.21. The number of aromatic nitrogens is 2. The van der Waals surface area contributed by atoms with Crippen molar-refractivity contribution < 1.29 is 33.3 Å². The molecule has 0 bridgehead atoms. The third-order valence-electron chi connectivity index (χ3n) is 5.79. The van der Waals surface area contributed by atoms with Crippen molar-refractivity contribution in [1.82, 2.24) is 14.5 Å². The van der Waals surface area contributed by atoms with Gasteiger partial charge in [-0.05, 0) is 37.0 Å². The number of imide groups is 1. The summed E-state index contributed by atoms with van der Waals surface area (Å²) in [5.41, 5.74) is 7.17. The Balaban J connectivity index is 1.34. The molecule has 1 aromatic carbocycles. The van der Waals surface area contributed by atoms with E-state index in [0.29, 0.717) is 58.2 Å². The molecule has 1 fully saturated rings. The van der Waals surface area contributed by atoms with Gasteiger partial charge >= 0.3 is 5.69 Å². The SMILES string of the molecule is Cn1c(=O)n(C2CCC(=O)NC2=O)c2ccc(CCCOCCOCCOCCOCC(N)=O)cc21. The van der Waals surface area contributed by atoms with E-state index in [1.165, 1.54) is 9.13 Å². The van der Waals surface area contributed by atoms with Gasteiger partial charge in [-0.15, -0.1) is 0 Å². The normalized spacial score (nSPS) is 16.0. The maximum Gasteiger partial charge on any atom is 0.329 e. The van der Waals surface area contributed by atoms with E-state index in [1.807, 2.05) is 18.2 Å². The molecular weight excluding hydrogens is 472 g/mol. The fourth-order valence-electron chi connectivity index (χ4n) is 4.01. The number of fused-ring (bicyclic) bond motifs is 1. The molecule has 36 heavy (non-hydrogen) atoms. The quantitative estimate of drug-likeness (QED) is 0.235. The van der Waals surface area contributed by atoms with Crippen LogP contribution in [0.15, 0.2) is 23.0 Å². The van der Waals surface area contributed by atoms with E-state index in [9.17, 15) is 19.2 Å². The standard InChI is InChI=1S/C24H34N4O8/c1-27-20-15-17(3-2-8-33-9-10-34-11-12-35-13-14-36-16-21(25)29)4-5-18(20)28(24(27)32)19-6-7-22(30)26-23(19)31/h4-5,15,19H,2-3,6-14,16H2,1H3,(H2,25,29)(H,26,30,31). The number of nitrogens with two attached hydrogens (primary N) is 1. The molecule has 0 spiro atoms. The Bertz CT molecular complexity index is 1110. The molecular formula is C24H34N4O8. The van der Waals surface area contributed by atoms with Crippen LogP contribution in [0, 0.1) is 0 Å². The highest BCUT2D eigenvalue weighted by Gasteiger charge is 2.31. The van der Waals surface area contributed by atoms with Crippen molar-refractivity contribution in [1.29, 1.82) is 0 Å². The Labute approximate surface area is 208 Å². The second-order valence-electron chi connectivity index (χ2n) is 8.46. The number of ether oxygens (including phenoxy) is 4. The van der Waals surface area contributed by atoms with Crippen LogP contribution in [0.2, 0.25) is 0 Å². The second kappa shape index (κ2) is 13.9. The third-order valence-corrected chi connectivity index (χ3v) is 5.79. The van der Waals surface area contributed by atoms with E-state index >= 15 is 0 Å². The zero-order valence-corrected chi connectivity index (χ0v) is 20.5.